The van der Waals surface area contributed by atoms with Crippen LogP contribution in [0.1, 0.15) is 38.2 Å². The molecule has 1 aromatic carbocycles. The van der Waals surface area contributed by atoms with Gasteiger partial charge in [0.25, 0.3) is 0 Å². The highest BCUT2D eigenvalue weighted by molar-refractivity contribution is 5.54. The summed E-state index contributed by atoms with van der Waals surface area (Å²) in [5.74, 6) is 0.769. The molecule has 0 unspecified atom stereocenters. The number of benzene rings is 1. The van der Waals surface area contributed by atoms with Gasteiger partial charge in [-0.3, -0.25) is 0 Å². The second-order valence-corrected chi connectivity index (χ2v) is 5.49. The van der Waals surface area contributed by atoms with Gasteiger partial charge in [-0.2, -0.15) is 0 Å². The third-order valence-electron chi connectivity index (χ3n) is 4.10. The van der Waals surface area contributed by atoms with E-state index < -0.39 is 0 Å². The summed E-state index contributed by atoms with van der Waals surface area (Å²) < 4.78 is 13.9. The normalized spacial score (nSPS) is 16.9. The third-order valence-corrected chi connectivity index (χ3v) is 4.10. The number of rotatable bonds is 5. The largest absolute Gasteiger partial charge is 0.371 e. The molecule has 0 amide bonds. The summed E-state index contributed by atoms with van der Waals surface area (Å²) in [5.41, 5.74) is 1.88. The van der Waals surface area contributed by atoms with Gasteiger partial charge in [-0.05, 0) is 37.9 Å². The Hall–Kier alpha value is -1.09. The van der Waals surface area contributed by atoms with Crippen LogP contribution in [0.15, 0.2) is 18.2 Å². The van der Waals surface area contributed by atoms with E-state index in [2.05, 4.69) is 23.2 Å². The Bertz CT molecular complexity index is 398. The third kappa shape index (κ3) is 3.47. The van der Waals surface area contributed by atoms with Crippen molar-refractivity contribution in [3.8, 4) is 0 Å². The second-order valence-electron chi connectivity index (χ2n) is 5.49. The van der Waals surface area contributed by atoms with Crippen molar-refractivity contribution in [2.24, 2.45) is 5.92 Å². The van der Waals surface area contributed by atoms with Crippen LogP contribution >= 0.6 is 0 Å². The van der Waals surface area contributed by atoms with E-state index in [1.165, 1.54) is 25.7 Å². The molecule has 2 rings (SSSR count). The predicted molar refractivity (Wildman–Crippen MR) is 79.0 cm³/mol. The fourth-order valence-corrected chi connectivity index (χ4v) is 3.07. The van der Waals surface area contributed by atoms with Crippen molar-refractivity contribution in [1.29, 1.82) is 0 Å². The van der Waals surface area contributed by atoms with Gasteiger partial charge < -0.3 is 10.2 Å². The van der Waals surface area contributed by atoms with Crippen LogP contribution in [0.4, 0.5) is 10.1 Å². The topological polar surface area (TPSA) is 15.3 Å². The highest BCUT2D eigenvalue weighted by Crippen LogP contribution is 2.29. The molecule has 1 fully saturated rings. The van der Waals surface area contributed by atoms with Crippen molar-refractivity contribution >= 4 is 5.69 Å². The van der Waals surface area contributed by atoms with Crippen LogP contribution in [0.25, 0.3) is 0 Å². The van der Waals surface area contributed by atoms with Crippen molar-refractivity contribution in [2.45, 2.75) is 39.2 Å². The van der Waals surface area contributed by atoms with Crippen LogP contribution in [0.3, 0.4) is 0 Å². The van der Waals surface area contributed by atoms with E-state index in [1.807, 2.05) is 13.1 Å². The Kier molecular flexibility index (Phi) is 5.20. The first-order valence-corrected chi connectivity index (χ1v) is 7.43. The Morgan fingerprint density at radius 3 is 2.68 bits per heavy atom. The molecule has 106 valence electrons. The van der Waals surface area contributed by atoms with Crippen molar-refractivity contribution in [2.75, 3.05) is 25.0 Å². The molecule has 1 saturated heterocycles. The molecule has 1 N–H and O–H groups in total. The standard InChI is InChI=1S/C16H25FN2/c1-3-5-13-8-10-19(11-9-13)16-7-4-6-15(17)14(16)12-18-2/h4,6-7,13,18H,3,5,8-12H2,1-2H3. The molecular weight excluding hydrogens is 239 g/mol. The fourth-order valence-electron chi connectivity index (χ4n) is 3.07. The molecular formula is C16H25FN2. The van der Waals surface area contributed by atoms with Crippen LogP contribution in [0, 0.1) is 11.7 Å². The first kappa shape index (κ1) is 14.3. The average Bonchev–Trinajstić information content (AvgIpc) is 2.43. The van der Waals surface area contributed by atoms with Crippen molar-refractivity contribution in [3.05, 3.63) is 29.6 Å². The molecule has 0 radical (unpaired) electrons. The van der Waals surface area contributed by atoms with Gasteiger partial charge >= 0.3 is 0 Å². The van der Waals surface area contributed by atoms with E-state index in [9.17, 15) is 4.39 Å². The summed E-state index contributed by atoms with van der Waals surface area (Å²) in [6, 6.07) is 5.43. The summed E-state index contributed by atoms with van der Waals surface area (Å²) in [6.07, 6.45) is 5.09. The number of nitrogens with zero attached hydrogens (tertiary/aromatic N) is 1. The van der Waals surface area contributed by atoms with E-state index in [0.717, 1.165) is 30.3 Å². The molecule has 1 aliphatic rings. The van der Waals surface area contributed by atoms with Gasteiger partial charge in [0, 0.05) is 30.9 Å². The van der Waals surface area contributed by atoms with Gasteiger partial charge in [-0.1, -0.05) is 25.8 Å². The Morgan fingerprint density at radius 2 is 2.05 bits per heavy atom. The van der Waals surface area contributed by atoms with Crippen LogP contribution in [0.5, 0.6) is 0 Å². The van der Waals surface area contributed by atoms with E-state index in [0.29, 0.717) is 6.54 Å². The highest BCUT2D eigenvalue weighted by Gasteiger charge is 2.21. The minimum absolute atomic E-state index is 0.0949. The molecule has 0 spiro atoms. The minimum atomic E-state index is -0.0949. The van der Waals surface area contributed by atoms with Crippen molar-refractivity contribution in [1.82, 2.24) is 5.32 Å². The Labute approximate surface area is 116 Å². The summed E-state index contributed by atoms with van der Waals surface area (Å²) >= 11 is 0. The van der Waals surface area contributed by atoms with E-state index in [-0.39, 0.29) is 5.82 Å². The fraction of sp³-hybridized carbons (Fsp3) is 0.625. The zero-order valence-electron chi connectivity index (χ0n) is 12.1. The van der Waals surface area contributed by atoms with Crippen molar-refractivity contribution in [3.63, 3.8) is 0 Å². The van der Waals surface area contributed by atoms with Crippen molar-refractivity contribution < 1.29 is 4.39 Å². The van der Waals surface area contributed by atoms with Crippen LogP contribution in [-0.2, 0) is 6.54 Å². The van der Waals surface area contributed by atoms with Crippen LogP contribution < -0.4 is 10.2 Å². The molecule has 0 saturated carbocycles. The molecule has 1 aliphatic heterocycles. The first-order chi connectivity index (χ1) is 9.26. The maximum absolute atomic E-state index is 13.9. The first-order valence-electron chi connectivity index (χ1n) is 7.43. The molecule has 1 heterocycles. The molecule has 0 bridgehead atoms. The quantitative estimate of drug-likeness (QED) is 0.874. The van der Waals surface area contributed by atoms with Gasteiger partial charge in [0.1, 0.15) is 5.82 Å². The van der Waals surface area contributed by atoms with Crippen LogP contribution in [-0.4, -0.2) is 20.1 Å². The van der Waals surface area contributed by atoms with Gasteiger partial charge in [0.05, 0.1) is 0 Å². The van der Waals surface area contributed by atoms with E-state index in [4.69, 9.17) is 0 Å². The summed E-state index contributed by atoms with van der Waals surface area (Å²) in [4.78, 5) is 2.35. The monoisotopic (exact) mass is 264 g/mol. The summed E-state index contributed by atoms with van der Waals surface area (Å²) in [5, 5.41) is 3.07. The second kappa shape index (κ2) is 6.90. The lowest BCUT2D eigenvalue weighted by molar-refractivity contribution is 0.378. The lowest BCUT2D eigenvalue weighted by Gasteiger charge is -2.35. The lowest BCUT2D eigenvalue weighted by atomic mass is 9.92. The van der Waals surface area contributed by atoms with Gasteiger partial charge in [0.2, 0.25) is 0 Å². The SMILES string of the molecule is CCCC1CCN(c2cccc(F)c2CNC)CC1. The Balaban J connectivity index is 2.08. The van der Waals surface area contributed by atoms with E-state index in [1.54, 1.807) is 6.07 Å². The van der Waals surface area contributed by atoms with Gasteiger partial charge in [-0.15, -0.1) is 0 Å². The molecule has 2 nitrogen and oxygen atoms in total. The maximum atomic E-state index is 13.9. The number of halogens is 1. The zero-order chi connectivity index (χ0) is 13.7. The number of hydrogen-bond donors (Lipinski definition) is 1. The lowest BCUT2D eigenvalue weighted by Crippen LogP contribution is -2.34. The average molecular weight is 264 g/mol. The van der Waals surface area contributed by atoms with Gasteiger partial charge in [-0.25, -0.2) is 4.39 Å². The molecule has 0 atom stereocenters. The zero-order valence-corrected chi connectivity index (χ0v) is 12.1. The van der Waals surface area contributed by atoms with Crippen LogP contribution in [0.2, 0.25) is 0 Å². The minimum Gasteiger partial charge on any atom is -0.371 e. The summed E-state index contributed by atoms with van der Waals surface area (Å²) in [6.45, 7) is 4.97. The smallest absolute Gasteiger partial charge is 0.129 e. The maximum Gasteiger partial charge on any atom is 0.129 e. The predicted octanol–water partition coefficient (Wildman–Crippen LogP) is 3.56. The molecule has 0 aromatic heterocycles. The number of nitrogens with one attached hydrogen (secondary N) is 1. The van der Waals surface area contributed by atoms with Gasteiger partial charge in [0.15, 0.2) is 0 Å². The number of piperidine rings is 1. The number of anilines is 1. The van der Waals surface area contributed by atoms with E-state index >= 15 is 0 Å². The molecule has 19 heavy (non-hydrogen) atoms. The molecule has 3 heteroatoms. The highest BCUT2D eigenvalue weighted by atomic mass is 19.1. The number of hydrogen-bond acceptors (Lipinski definition) is 2. The molecule has 1 aromatic rings. The summed E-state index contributed by atoms with van der Waals surface area (Å²) in [7, 11) is 1.86. The Morgan fingerprint density at radius 1 is 1.32 bits per heavy atom. The molecule has 0 aliphatic carbocycles.